The van der Waals surface area contributed by atoms with Crippen LogP contribution in [0.25, 0.3) is 87.0 Å². The molecule has 9 rings (SSSR count). The first-order valence-electron chi connectivity index (χ1n) is 16.2. The molecule has 0 spiro atoms. The Kier molecular flexibility index (Phi) is 6.41. The predicted octanol–water partition coefficient (Wildman–Crippen LogP) is 11.7. The van der Waals surface area contributed by atoms with Crippen LogP contribution in [0.2, 0.25) is 0 Å². The number of benzene rings is 6. The molecule has 9 aromatic rings. The van der Waals surface area contributed by atoms with Crippen LogP contribution in [0.15, 0.2) is 133 Å². The highest BCUT2D eigenvalue weighted by atomic mass is 32.1. The minimum absolute atomic E-state index is 0.988. The number of thiophene rings is 1. The highest BCUT2D eigenvalue weighted by Crippen LogP contribution is 2.40. The number of rotatable bonds is 5. The van der Waals surface area contributed by atoms with Crippen molar-refractivity contribution in [2.45, 2.75) is 13.3 Å². The number of imidazole rings is 1. The maximum atomic E-state index is 4.88. The monoisotopic (exact) mass is 623 g/mol. The molecular weight excluding hydrogens is 591 g/mol. The van der Waals surface area contributed by atoms with Gasteiger partial charge in [-0.25, -0.2) is 4.98 Å². The standard InChI is InChI=1S/C43H33N3S/c1-4-33-34-9-5-7-11-38(34)45(2)42(33)29-17-13-27(14-18-29)31-21-23-35-36-24-22-32(26-41(36)47-40(35)25-31)28-15-19-30(20-16-28)43-44-37-10-6-8-12-39(37)46(43)3/h5-26H,4H2,1-3H3. The number of fused-ring (bicyclic) bond motifs is 5. The van der Waals surface area contributed by atoms with Gasteiger partial charge in [-0.2, -0.15) is 0 Å². The molecule has 0 saturated carbocycles. The Hall–Kier alpha value is -5.45. The summed E-state index contributed by atoms with van der Waals surface area (Å²) in [6.07, 6.45) is 1.01. The summed E-state index contributed by atoms with van der Waals surface area (Å²) in [6.45, 7) is 2.25. The van der Waals surface area contributed by atoms with Crippen molar-refractivity contribution in [2.75, 3.05) is 0 Å². The average Bonchev–Trinajstić information content (AvgIpc) is 3.76. The molecule has 0 radical (unpaired) electrons. The second-order valence-electron chi connectivity index (χ2n) is 12.4. The molecule has 0 atom stereocenters. The summed E-state index contributed by atoms with van der Waals surface area (Å²) in [5, 5.41) is 3.98. The lowest BCUT2D eigenvalue weighted by Crippen LogP contribution is -1.93. The molecule has 6 aromatic carbocycles. The Labute approximate surface area is 278 Å². The number of aromatic nitrogens is 3. The fourth-order valence-electron chi connectivity index (χ4n) is 7.37. The number of aryl methyl sites for hydroxylation is 3. The molecule has 0 aliphatic carbocycles. The summed E-state index contributed by atoms with van der Waals surface area (Å²) in [6, 6.07) is 48.7. The van der Waals surface area contributed by atoms with E-state index in [1.54, 1.807) is 0 Å². The molecule has 0 aliphatic heterocycles. The van der Waals surface area contributed by atoms with E-state index in [9.17, 15) is 0 Å². The molecule has 47 heavy (non-hydrogen) atoms. The Morgan fingerprint density at radius 2 is 1.04 bits per heavy atom. The molecule has 4 heteroatoms. The van der Waals surface area contributed by atoms with Gasteiger partial charge in [-0.1, -0.05) is 110 Å². The van der Waals surface area contributed by atoms with E-state index < -0.39 is 0 Å². The molecule has 0 aliphatic rings. The second-order valence-corrected chi connectivity index (χ2v) is 13.5. The van der Waals surface area contributed by atoms with Crippen LogP contribution >= 0.6 is 11.3 Å². The minimum Gasteiger partial charge on any atom is -0.343 e. The SMILES string of the molecule is CCc1c(-c2ccc(-c3ccc4c(c3)sc3cc(-c5ccc(-c6nc7ccccc7n6C)cc5)ccc34)cc2)n(C)c2ccccc12. The number of hydrogen-bond acceptors (Lipinski definition) is 2. The van der Waals surface area contributed by atoms with Crippen molar-refractivity contribution in [1.29, 1.82) is 0 Å². The minimum atomic E-state index is 0.988. The van der Waals surface area contributed by atoms with Crippen molar-refractivity contribution >= 4 is 53.4 Å². The van der Waals surface area contributed by atoms with Gasteiger partial charge in [-0.3, -0.25) is 0 Å². The first-order valence-corrected chi connectivity index (χ1v) is 17.0. The smallest absolute Gasteiger partial charge is 0.140 e. The van der Waals surface area contributed by atoms with E-state index in [1.165, 1.54) is 70.1 Å². The van der Waals surface area contributed by atoms with Gasteiger partial charge >= 0.3 is 0 Å². The van der Waals surface area contributed by atoms with E-state index in [1.807, 2.05) is 17.4 Å². The van der Waals surface area contributed by atoms with Gasteiger partial charge in [0.25, 0.3) is 0 Å². The summed E-state index contributed by atoms with van der Waals surface area (Å²) in [7, 11) is 4.27. The van der Waals surface area contributed by atoms with Crippen molar-refractivity contribution in [3.8, 4) is 44.9 Å². The maximum absolute atomic E-state index is 4.88. The molecule has 0 fully saturated rings. The van der Waals surface area contributed by atoms with Crippen LogP contribution in [0.4, 0.5) is 0 Å². The van der Waals surface area contributed by atoms with Crippen molar-refractivity contribution in [1.82, 2.24) is 14.1 Å². The topological polar surface area (TPSA) is 22.8 Å². The molecule has 3 heterocycles. The molecule has 0 unspecified atom stereocenters. The Bertz CT molecular complexity index is 2610. The highest BCUT2D eigenvalue weighted by molar-refractivity contribution is 7.25. The van der Waals surface area contributed by atoms with Gasteiger partial charge in [-0.05, 0) is 70.1 Å². The summed E-state index contributed by atoms with van der Waals surface area (Å²) in [5.74, 6) is 0.988. The Morgan fingerprint density at radius 1 is 0.511 bits per heavy atom. The predicted molar refractivity (Wildman–Crippen MR) is 201 cm³/mol. The number of nitrogens with zero attached hydrogens (tertiary/aromatic N) is 3. The highest BCUT2D eigenvalue weighted by Gasteiger charge is 2.16. The first-order chi connectivity index (χ1) is 23.1. The molecular formula is C43H33N3S. The largest absolute Gasteiger partial charge is 0.343 e. The fraction of sp³-hybridized carbons (Fsp3) is 0.0930. The molecule has 0 bridgehead atoms. The maximum Gasteiger partial charge on any atom is 0.140 e. The molecule has 226 valence electrons. The first kappa shape index (κ1) is 27.8. The summed E-state index contributed by atoms with van der Waals surface area (Å²) >= 11 is 1.88. The lowest BCUT2D eigenvalue weighted by atomic mass is 9.98. The van der Waals surface area contributed by atoms with Gasteiger partial charge in [0.15, 0.2) is 0 Å². The lowest BCUT2D eigenvalue weighted by Gasteiger charge is -2.09. The van der Waals surface area contributed by atoms with Gasteiger partial charge < -0.3 is 9.13 Å². The summed E-state index contributed by atoms with van der Waals surface area (Å²) in [4.78, 5) is 4.88. The Balaban J connectivity index is 1.02. The van der Waals surface area contributed by atoms with E-state index in [4.69, 9.17) is 4.98 Å². The number of hydrogen-bond donors (Lipinski definition) is 0. The van der Waals surface area contributed by atoms with E-state index in [0.29, 0.717) is 0 Å². The van der Waals surface area contributed by atoms with Crippen LogP contribution in [0.3, 0.4) is 0 Å². The molecule has 0 N–H and O–H groups in total. The second kappa shape index (κ2) is 10.8. The van der Waals surface area contributed by atoms with Crippen LogP contribution in [0.1, 0.15) is 12.5 Å². The van der Waals surface area contributed by atoms with Crippen LogP contribution in [-0.2, 0) is 20.5 Å². The lowest BCUT2D eigenvalue weighted by molar-refractivity contribution is 0.959. The average molecular weight is 624 g/mol. The van der Waals surface area contributed by atoms with Crippen LogP contribution in [-0.4, -0.2) is 14.1 Å². The zero-order chi connectivity index (χ0) is 31.6. The van der Waals surface area contributed by atoms with Crippen LogP contribution in [0.5, 0.6) is 0 Å². The van der Waals surface area contributed by atoms with Gasteiger partial charge in [0.1, 0.15) is 5.82 Å². The quantitative estimate of drug-likeness (QED) is 0.187. The third-order valence-corrected chi connectivity index (χ3v) is 10.9. The fourth-order valence-corrected chi connectivity index (χ4v) is 8.55. The van der Waals surface area contributed by atoms with Crippen molar-refractivity contribution in [3.05, 3.63) is 139 Å². The molecule has 3 aromatic heterocycles. The van der Waals surface area contributed by atoms with E-state index in [0.717, 1.165) is 28.8 Å². The molecule has 0 saturated heterocycles. The van der Waals surface area contributed by atoms with E-state index in [-0.39, 0.29) is 0 Å². The summed E-state index contributed by atoms with van der Waals surface area (Å²) < 4.78 is 7.14. The third-order valence-electron chi connectivity index (χ3n) is 9.79. The molecule has 0 amide bonds. The zero-order valence-corrected chi connectivity index (χ0v) is 27.5. The van der Waals surface area contributed by atoms with Crippen LogP contribution < -0.4 is 0 Å². The third kappa shape index (κ3) is 4.44. The van der Waals surface area contributed by atoms with Gasteiger partial charge in [0.05, 0.1) is 16.7 Å². The van der Waals surface area contributed by atoms with Gasteiger partial charge in [-0.15, -0.1) is 11.3 Å². The zero-order valence-electron chi connectivity index (χ0n) is 26.7. The van der Waals surface area contributed by atoms with E-state index in [2.05, 4.69) is 158 Å². The van der Waals surface area contributed by atoms with Crippen molar-refractivity contribution in [2.24, 2.45) is 14.1 Å². The van der Waals surface area contributed by atoms with Crippen molar-refractivity contribution in [3.63, 3.8) is 0 Å². The van der Waals surface area contributed by atoms with Gasteiger partial charge in [0, 0.05) is 50.7 Å². The Morgan fingerprint density at radius 3 is 1.66 bits per heavy atom. The summed E-state index contributed by atoms with van der Waals surface area (Å²) in [5.41, 5.74) is 13.5. The molecule has 3 nitrogen and oxygen atoms in total. The van der Waals surface area contributed by atoms with Gasteiger partial charge in [0.2, 0.25) is 0 Å². The van der Waals surface area contributed by atoms with Crippen molar-refractivity contribution < 1.29 is 0 Å². The normalized spacial score (nSPS) is 11.8. The van der Waals surface area contributed by atoms with E-state index >= 15 is 0 Å². The van der Waals surface area contributed by atoms with Crippen LogP contribution in [0, 0.1) is 0 Å². The number of para-hydroxylation sites is 3.